The number of carbonyl (C=O) groups is 1. The lowest BCUT2D eigenvalue weighted by molar-refractivity contribution is -0.142. The van der Waals surface area contributed by atoms with Crippen molar-refractivity contribution in [2.45, 2.75) is 57.7 Å². The van der Waals surface area contributed by atoms with Crippen molar-refractivity contribution < 1.29 is 23.4 Å². The quantitative estimate of drug-likeness (QED) is 0.795. The van der Waals surface area contributed by atoms with E-state index < -0.39 is 12.6 Å². The van der Waals surface area contributed by atoms with Crippen LogP contribution >= 0.6 is 0 Å². The molecule has 0 aromatic heterocycles. The summed E-state index contributed by atoms with van der Waals surface area (Å²) in [6.45, 7) is -0.862. The number of nitrogens with one attached hydrogen (secondary N) is 1. The van der Waals surface area contributed by atoms with Crippen LogP contribution in [-0.2, 0) is 4.79 Å². The van der Waals surface area contributed by atoms with Crippen molar-refractivity contribution in [1.82, 2.24) is 5.32 Å². The Kier molecular flexibility index (Phi) is 6.33. The van der Waals surface area contributed by atoms with E-state index in [9.17, 15) is 13.6 Å². The van der Waals surface area contributed by atoms with Crippen LogP contribution in [0.4, 0.5) is 8.78 Å². The van der Waals surface area contributed by atoms with E-state index in [4.69, 9.17) is 5.11 Å². The molecule has 1 fully saturated rings. The first-order valence-electron chi connectivity index (χ1n) is 8.03. The van der Waals surface area contributed by atoms with Crippen LogP contribution in [0.15, 0.2) is 24.3 Å². The molecular formula is C17H23F2NO3. The summed E-state index contributed by atoms with van der Waals surface area (Å²) in [7, 11) is 0. The summed E-state index contributed by atoms with van der Waals surface area (Å²) < 4.78 is 29.7. The molecule has 1 aromatic rings. The zero-order chi connectivity index (χ0) is 16.8. The Labute approximate surface area is 134 Å². The third-order valence-corrected chi connectivity index (χ3v) is 4.43. The van der Waals surface area contributed by atoms with Crippen LogP contribution in [0.2, 0.25) is 0 Å². The summed E-state index contributed by atoms with van der Waals surface area (Å²) in [6.07, 6.45) is 3.61. The minimum absolute atomic E-state index is 0.0867. The lowest BCUT2D eigenvalue weighted by Gasteiger charge is -2.31. The topological polar surface area (TPSA) is 58.6 Å². The molecule has 0 saturated heterocycles. The number of para-hydroxylation sites is 1. The van der Waals surface area contributed by atoms with Gasteiger partial charge >= 0.3 is 12.6 Å². The summed E-state index contributed by atoms with van der Waals surface area (Å²) in [5, 5.41) is 12.5. The highest BCUT2D eigenvalue weighted by molar-refractivity contribution is 5.70. The third-order valence-electron chi connectivity index (χ3n) is 4.43. The van der Waals surface area contributed by atoms with Crippen LogP contribution in [-0.4, -0.2) is 23.7 Å². The monoisotopic (exact) mass is 327 g/mol. The van der Waals surface area contributed by atoms with Crippen LogP contribution in [0.1, 0.15) is 50.6 Å². The van der Waals surface area contributed by atoms with Crippen LogP contribution in [0.25, 0.3) is 0 Å². The number of halogens is 2. The fourth-order valence-corrected chi connectivity index (χ4v) is 3.19. The van der Waals surface area contributed by atoms with Crippen LogP contribution < -0.4 is 10.1 Å². The van der Waals surface area contributed by atoms with Crippen molar-refractivity contribution in [3.8, 4) is 5.75 Å². The van der Waals surface area contributed by atoms with E-state index in [-0.39, 0.29) is 23.8 Å². The molecule has 128 valence electrons. The molecule has 0 aliphatic heterocycles. The molecular weight excluding hydrogens is 304 g/mol. The number of carboxylic acids is 1. The molecule has 23 heavy (non-hydrogen) atoms. The molecule has 2 N–H and O–H groups in total. The Balaban J connectivity index is 2.02. The Hall–Kier alpha value is -1.69. The van der Waals surface area contributed by atoms with E-state index in [2.05, 4.69) is 10.1 Å². The predicted molar refractivity (Wildman–Crippen MR) is 82.6 cm³/mol. The number of rotatable bonds is 7. The van der Waals surface area contributed by atoms with E-state index in [0.29, 0.717) is 12.8 Å². The fraction of sp³-hybridized carbons (Fsp3) is 0.588. The SMILES string of the molecule is CCC(NC1CCC(C(=O)O)CC1)c1ccccc1OC(F)F. The van der Waals surface area contributed by atoms with Crippen LogP contribution in [0, 0.1) is 5.92 Å². The molecule has 0 bridgehead atoms. The molecule has 1 aromatic carbocycles. The highest BCUT2D eigenvalue weighted by Crippen LogP contribution is 2.31. The number of hydrogen-bond acceptors (Lipinski definition) is 3. The average Bonchev–Trinajstić information content (AvgIpc) is 2.53. The van der Waals surface area contributed by atoms with Gasteiger partial charge in [0, 0.05) is 17.6 Å². The third kappa shape index (κ3) is 4.89. The van der Waals surface area contributed by atoms with Crippen molar-refractivity contribution in [3.63, 3.8) is 0 Å². The van der Waals surface area contributed by atoms with Crippen LogP contribution in [0.3, 0.4) is 0 Å². The van der Waals surface area contributed by atoms with Crippen molar-refractivity contribution in [2.75, 3.05) is 0 Å². The van der Waals surface area contributed by atoms with Crippen molar-refractivity contribution in [3.05, 3.63) is 29.8 Å². The Morgan fingerprint density at radius 3 is 2.52 bits per heavy atom. The minimum Gasteiger partial charge on any atom is -0.481 e. The standard InChI is InChI=1S/C17H23F2NO3/c1-2-14(13-5-3-4-6-15(13)23-17(18)19)20-12-9-7-11(8-10-12)16(21)22/h3-6,11-12,14,17,20H,2,7-10H2,1H3,(H,21,22). The number of aliphatic carboxylic acids is 1. The van der Waals surface area contributed by atoms with Gasteiger partial charge in [-0.15, -0.1) is 0 Å². The van der Waals surface area contributed by atoms with Crippen LogP contribution in [0.5, 0.6) is 5.75 Å². The maximum Gasteiger partial charge on any atom is 0.387 e. The molecule has 0 radical (unpaired) electrons. The van der Waals surface area contributed by atoms with Gasteiger partial charge in [-0.25, -0.2) is 0 Å². The lowest BCUT2D eigenvalue weighted by atomic mass is 9.85. The summed E-state index contributed by atoms with van der Waals surface area (Å²) in [6, 6.07) is 6.94. The zero-order valence-electron chi connectivity index (χ0n) is 13.2. The average molecular weight is 327 g/mol. The largest absolute Gasteiger partial charge is 0.481 e. The predicted octanol–water partition coefficient (Wildman–Crippen LogP) is 3.97. The molecule has 0 spiro atoms. The van der Waals surface area contributed by atoms with E-state index in [1.165, 1.54) is 0 Å². The second-order valence-corrected chi connectivity index (χ2v) is 5.93. The molecule has 0 amide bonds. The normalized spacial score (nSPS) is 22.8. The van der Waals surface area contributed by atoms with Gasteiger partial charge < -0.3 is 15.2 Å². The van der Waals surface area contributed by atoms with Crippen molar-refractivity contribution >= 4 is 5.97 Å². The van der Waals surface area contributed by atoms with Gasteiger partial charge in [-0.3, -0.25) is 4.79 Å². The molecule has 6 heteroatoms. The number of hydrogen-bond donors (Lipinski definition) is 2. The fourth-order valence-electron chi connectivity index (χ4n) is 3.19. The van der Waals surface area contributed by atoms with Gasteiger partial charge in [0.1, 0.15) is 5.75 Å². The van der Waals surface area contributed by atoms with Gasteiger partial charge in [-0.2, -0.15) is 8.78 Å². The molecule has 1 atom stereocenters. The van der Waals surface area contributed by atoms with Gasteiger partial charge in [0.25, 0.3) is 0 Å². The minimum atomic E-state index is -2.85. The molecule has 4 nitrogen and oxygen atoms in total. The zero-order valence-corrected chi connectivity index (χ0v) is 13.2. The summed E-state index contributed by atoms with van der Waals surface area (Å²) in [5.41, 5.74) is 0.718. The highest BCUT2D eigenvalue weighted by Gasteiger charge is 2.27. The number of alkyl halides is 2. The maximum absolute atomic E-state index is 12.5. The second kappa shape index (κ2) is 8.24. The molecule has 1 unspecified atom stereocenters. The van der Waals surface area contributed by atoms with E-state index >= 15 is 0 Å². The first-order valence-corrected chi connectivity index (χ1v) is 8.03. The van der Waals surface area contributed by atoms with Gasteiger partial charge in [0.05, 0.1) is 5.92 Å². The lowest BCUT2D eigenvalue weighted by Crippen LogP contribution is -2.37. The molecule has 2 rings (SSSR count). The van der Waals surface area contributed by atoms with E-state index in [1.54, 1.807) is 24.3 Å². The summed E-state index contributed by atoms with van der Waals surface area (Å²) in [4.78, 5) is 11.0. The van der Waals surface area contributed by atoms with Gasteiger partial charge in [0.2, 0.25) is 0 Å². The van der Waals surface area contributed by atoms with Gasteiger partial charge in [-0.05, 0) is 38.2 Å². The van der Waals surface area contributed by atoms with Gasteiger partial charge in [-0.1, -0.05) is 25.1 Å². The Bertz CT molecular complexity index is 516. The second-order valence-electron chi connectivity index (χ2n) is 5.93. The van der Waals surface area contributed by atoms with E-state index in [1.807, 2.05) is 6.92 Å². The maximum atomic E-state index is 12.5. The molecule has 1 aliphatic rings. The molecule has 1 aliphatic carbocycles. The first-order chi connectivity index (χ1) is 11.0. The Morgan fingerprint density at radius 1 is 1.30 bits per heavy atom. The van der Waals surface area contributed by atoms with Gasteiger partial charge in [0.15, 0.2) is 0 Å². The smallest absolute Gasteiger partial charge is 0.387 e. The van der Waals surface area contributed by atoms with Crippen molar-refractivity contribution in [2.24, 2.45) is 5.92 Å². The number of benzene rings is 1. The molecule has 0 heterocycles. The molecule has 1 saturated carbocycles. The number of ether oxygens (including phenoxy) is 1. The van der Waals surface area contributed by atoms with Crippen molar-refractivity contribution in [1.29, 1.82) is 0 Å². The number of carboxylic acid groups (broad SMARTS) is 1. The summed E-state index contributed by atoms with van der Waals surface area (Å²) in [5.74, 6) is -0.796. The first kappa shape index (κ1) is 17.7. The highest BCUT2D eigenvalue weighted by atomic mass is 19.3. The summed E-state index contributed by atoms with van der Waals surface area (Å²) >= 11 is 0. The van der Waals surface area contributed by atoms with E-state index in [0.717, 1.165) is 24.8 Å². The Morgan fingerprint density at radius 2 is 1.96 bits per heavy atom.